The third-order valence-corrected chi connectivity index (χ3v) is 8.86. The molecule has 2 unspecified atom stereocenters. The van der Waals surface area contributed by atoms with E-state index in [-0.39, 0.29) is 41.5 Å². The summed E-state index contributed by atoms with van der Waals surface area (Å²) >= 11 is 0. The van der Waals surface area contributed by atoms with Gasteiger partial charge in [-0.25, -0.2) is 8.42 Å². The van der Waals surface area contributed by atoms with Crippen molar-refractivity contribution >= 4 is 21.7 Å². The van der Waals surface area contributed by atoms with E-state index >= 15 is 0 Å². The second-order valence-corrected chi connectivity index (χ2v) is 11.5. The van der Waals surface area contributed by atoms with Crippen molar-refractivity contribution in [2.45, 2.75) is 69.6 Å². The van der Waals surface area contributed by atoms with Crippen molar-refractivity contribution < 1.29 is 22.7 Å². The molecule has 0 aromatic carbocycles. The Balaban J connectivity index is 1.34. The second-order valence-electron chi connectivity index (χ2n) is 9.25. The summed E-state index contributed by atoms with van der Waals surface area (Å²) in [4.78, 5) is 31.8. The quantitative estimate of drug-likeness (QED) is 0.623. The maximum atomic E-state index is 13.3. The largest absolute Gasteiger partial charge is 0.368 e. The first-order chi connectivity index (χ1) is 14.4. The van der Waals surface area contributed by atoms with Crippen LogP contribution in [0.1, 0.15) is 51.4 Å². The second kappa shape index (κ2) is 9.53. The van der Waals surface area contributed by atoms with Crippen LogP contribution in [-0.2, 0) is 24.2 Å². The van der Waals surface area contributed by atoms with Crippen LogP contribution in [0.25, 0.3) is 0 Å². The van der Waals surface area contributed by atoms with Gasteiger partial charge in [-0.05, 0) is 32.1 Å². The van der Waals surface area contributed by atoms with Crippen LogP contribution < -0.4 is 0 Å². The number of sulfone groups is 1. The SMILES string of the molecule is O=C(C1CCCO1)N1CCN(CC(=O)N(C2CCCCC2)C2CCS(=O)(=O)C2)CC1. The van der Waals surface area contributed by atoms with Crippen molar-refractivity contribution in [3.05, 3.63) is 0 Å². The van der Waals surface area contributed by atoms with Crippen molar-refractivity contribution in [3.8, 4) is 0 Å². The molecule has 3 heterocycles. The zero-order chi connectivity index (χ0) is 21.1. The van der Waals surface area contributed by atoms with E-state index in [0.29, 0.717) is 45.8 Å². The van der Waals surface area contributed by atoms with Gasteiger partial charge in [-0.2, -0.15) is 0 Å². The van der Waals surface area contributed by atoms with Crippen molar-refractivity contribution in [1.82, 2.24) is 14.7 Å². The molecule has 0 spiro atoms. The van der Waals surface area contributed by atoms with Crippen molar-refractivity contribution in [2.24, 2.45) is 0 Å². The summed E-state index contributed by atoms with van der Waals surface area (Å²) < 4.78 is 29.6. The summed E-state index contributed by atoms with van der Waals surface area (Å²) in [6.07, 6.45) is 7.39. The van der Waals surface area contributed by atoms with Crippen molar-refractivity contribution in [1.29, 1.82) is 0 Å². The molecule has 1 aliphatic carbocycles. The van der Waals surface area contributed by atoms with Crippen LogP contribution in [-0.4, -0.2) is 104 Å². The third-order valence-electron chi connectivity index (χ3n) is 7.11. The fourth-order valence-corrected chi connectivity index (χ4v) is 7.15. The van der Waals surface area contributed by atoms with E-state index in [1.807, 2.05) is 9.80 Å². The van der Waals surface area contributed by atoms with Crippen LogP contribution in [0.3, 0.4) is 0 Å². The van der Waals surface area contributed by atoms with Crippen LogP contribution in [0, 0.1) is 0 Å². The highest BCUT2D eigenvalue weighted by Gasteiger charge is 2.39. The van der Waals surface area contributed by atoms with E-state index in [9.17, 15) is 18.0 Å². The van der Waals surface area contributed by atoms with Crippen molar-refractivity contribution in [3.63, 3.8) is 0 Å². The molecule has 2 amide bonds. The van der Waals surface area contributed by atoms with Gasteiger partial charge in [0.2, 0.25) is 5.91 Å². The van der Waals surface area contributed by atoms with Gasteiger partial charge in [0.1, 0.15) is 6.10 Å². The lowest BCUT2D eigenvalue weighted by Gasteiger charge is -2.41. The smallest absolute Gasteiger partial charge is 0.251 e. The molecule has 4 fully saturated rings. The first-order valence-corrected chi connectivity index (χ1v) is 13.4. The normalized spacial score (nSPS) is 30.5. The fraction of sp³-hybridized carbons (Fsp3) is 0.905. The molecule has 170 valence electrons. The fourth-order valence-electron chi connectivity index (χ4n) is 5.43. The first-order valence-electron chi connectivity index (χ1n) is 11.6. The van der Waals surface area contributed by atoms with Gasteiger partial charge in [0, 0.05) is 44.9 Å². The Kier molecular flexibility index (Phi) is 6.99. The maximum absolute atomic E-state index is 13.3. The van der Waals surface area contributed by atoms with Gasteiger partial charge in [0.15, 0.2) is 9.84 Å². The topological polar surface area (TPSA) is 87.2 Å². The molecular formula is C21H35N3O5S. The number of amides is 2. The Morgan fingerprint density at radius 2 is 1.63 bits per heavy atom. The molecule has 3 saturated heterocycles. The van der Waals surface area contributed by atoms with Gasteiger partial charge in [-0.1, -0.05) is 19.3 Å². The minimum atomic E-state index is -3.03. The maximum Gasteiger partial charge on any atom is 0.251 e. The molecule has 1 saturated carbocycles. The molecule has 0 N–H and O–H groups in total. The number of hydrogen-bond acceptors (Lipinski definition) is 6. The van der Waals surface area contributed by atoms with Gasteiger partial charge in [0.25, 0.3) is 5.91 Å². The molecule has 9 heteroatoms. The van der Waals surface area contributed by atoms with Crippen LogP contribution in [0.15, 0.2) is 0 Å². The number of carbonyl (C=O) groups excluding carboxylic acids is 2. The molecular weight excluding hydrogens is 406 g/mol. The Hall–Kier alpha value is -1.19. The highest BCUT2D eigenvalue weighted by Crippen LogP contribution is 2.28. The summed E-state index contributed by atoms with van der Waals surface area (Å²) in [5, 5.41) is 0. The lowest BCUT2D eigenvalue weighted by atomic mass is 9.92. The van der Waals surface area contributed by atoms with Crippen LogP contribution in [0.5, 0.6) is 0 Å². The van der Waals surface area contributed by atoms with Gasteiger partial charge < -0.3 is 14.5 Å². The zero-order valence-electron chi connectivity index (χ0n) is 17.8. The standard InChI is InChI=1S/C21H35N3O5S/c25-20(15-22-9-11-23(12-10-22)21(26)19-7-4-13-29-19)24(17-5-2-1-3-6-17)18-8-14-30(27,28)16-18/h17-19H,1-16H2. The summed E-state index contributed by atoms with van der Waals surface area (Å²) in [5.74, 6) is 0.443. The van der Waals surface area contributed by atoms with E-state index in [2.05, 4.69) is 4.90 Å². The number of rotatable bonds is 5. The number of hydrogen-bond donors (Lipinski definition) is 0. The van der Waals surface area contributed by atoms with Crippen LogP contribution in [0.2, 0.25) is 0 Å². The molecule has 0 aromatic rings. The molecule has 2 atom stereocenters. The number of piperazine rings is 1. The predicted molar refractivity (Wildman–Crippen MR) is 113 cm³/mol. The first kappa shape index (κ1) is 22.0. The summed E-state index contributed by atoms with van der Waals surface area (Å²) in [7, 11) is -3.03. The molecule has 3 aliphatic heterocycles. The molecule has 4 rings (SSSR count). The van der Waals surface area contributed by atoms with E-state index in [0.717, 1.165) is 38.5 Å². The van der Waals surface area contributed by atoms with Crippen molar-refractivity contribution in [2.75, 3.05) is 50.8 Å². The van der Waals surface area contributed by atoms with Crippen LogP contribution >= 0.6 is 0 Å². The zero-order valence-corrected chi connectivity index (χ0v) is 18.7. The minimum absolute atomic E-state index is 0.0582. The lowest BCUT2D eigenvalue weighted by Crippen LogP contribution is -2.56. The van der Waals surface area contributed by atoms with Gasteiger partial charge >= 0.3 is 0 Å². The molecule has 30 heavy (non-hydrogen) atoms. The van der Waals surface area contributed by atoms with E-state index in [4.69, 9.17) is 4.74 Å². The highest BCUT2D eigenvalue weighted by molar-refractivity contribution is 7.91. The average molecular weight is 442 g/mol. The van der Waals surface area contributed by atoms with Gasteiger partial charge in [-0.15, -0.1) is 0 Å². The van der Waals surface area contributed by atoms with E-state index in [1.54, 1.807) is 0 Å². The summed E-state index contributed by atoms with van der Waals surface area (Å²) in [5.41, 5.74) is 0. The lowest BCUT2D eigenvalue weighted by molar-refractivity contribution is -0.143. The number of ether oxygens (including phenoxy) is 1. The molecule has 0 bridgehead atoms. The van der Waals surface area contributed by atoms with Crippen LogP contribution in [0.4, 0.5) is 0 Å². The molecule has 0 radical (unpaired) electrons. The monoisotopic (exact) mass is 441 g/mol. The Labute approximate surface area is 179 Å². The van der Waals surface area contributed by atoms with Gasteiger partial charge in [-0.3, -0.25) is 14.5 Å². The minimum Gasteiger partial charge on any atom is -0.368 e. The summed E-state index contributed by atoms with van der Waals surface area (Å²) in [6.45, 7) is 3.56. The van der Waals surface area contributed by atoms with Gasteiger partial charge in [0.05, 0.1) is 18.1 Å². The average Bonchev–Trinajstić information content (AvgIpc) is 3.39. The molecule has 4 aliphatic rings. The number of carbonyl (C=O) groups is 2. The Bertz CT molecular complexity index is 723. The van der Waals surface area contributed by atoms with E-state index < -0.39 is 9.84 Å². The Morgan fingerprint density at radius 3 is 2.23 bits per heavy atom. The highest BCUT2D eigenvalue weighted by atomic mass is 32.2. The molecule has 8 nitrogen and oxygen atoms in total. The molecule has 0 aromatic heterocycles. The predicted octanol–water partition coefficient (Wildman–Crippen LogP) is 0.658. The third kappa shape index (κ3) is 5.16. The Morgan fingerprint density at radius 1 is 0.900 bits per heavy atom. The summed E-state index contributed by atoms with van der Waals surface area (Å²) in [6, 6.07) is -0.0000793. The van der Waals surface area contributed by atoms with E-state index in [1.165, 1.54) is 6.42 Å². The number of nitrogens with zero attached hydrogens (tertiary/aromatic N) is 3.